The summed E-state index contributed by atoms with van der Waals surface area (Å²) in [6.07, 6.45) is 2.10. The second-order valence-electron chi connectivity index (χ2n) is 5.07. The number of nitrogens with two attached hydrogens (primary N) is 1. The lowest BCUT2D eigenvalue weighted by Crippen LogP contribution is -2.35. The SMILES string of the molecule is CN(C)CC(N)CC1OCCc2ccccc21. The van der Waals surface area contributed by atoms with E-state index in [1.165, 1.54) is 11.1 Å². The van der Waals surface area contributed by atoms with Crippen molar-refractivity contribution < 1.29 is 4.74 Å². The fraction of sp³-hybridized carbons (Fsp3) is 0.571. The van der Waals surface area contributed by atoms with Gasteiger partial charge in [-0.2, -0.15) is 0 Å². The molecule has 0 saturated heterocycles. The summed E-state index contributed by atoms with van der Waals surface area (Å²) in [4.78, 5) is 2.12. The number of hydrogen-bond donors (Lipinski definition) is 1. The van der Waals surface area contributed by atoms with Crippen LogP contribution in [0.25, 0.3) is 0 Å². The predicted molar refractivity (Wildman–Crippen MR) is 70.0 cm³/mol. The number of benzene rings is 1. The van der Waals surface area contributed by atoms with Crippen LogP contribution < -0.4 is 5.73 Å². The van der Waals surface area contributed by atoms with Gasteiger partial charge in [-0.25, -0.2) is 0 Å². The smallest absolute Gasteiger partial charge is 0.0843 e. The normalized spacial score (nSPS) is 21.3. The van der Waals surface area contributed by atoms with Gasteiger partial charge in [0.05, 0.1) is 12.7 Å². The van der Waals surface area contributed by atoms with Crippen molar-refractivity contribution in [2.24, 2.45) is 5.73 Å². The molecule has 0 radical (unpaired) electrons. The number of ether oxygens (including phenoxy) is 1. The molecule has 1 aliphatic heterocycles. The van der Waals surface area contributed by atoms with Gasteiger partial charge in [-0.1, -0.05) is 24.3 Å². The highest BCUT2D eigenvalue weighted by Gasteiger charge is 2.22. The average molecular weight is 234 g/mol. The first-order chi connectivity index (χ1) is 8.16. The molecule has 2 atom stereocenters. The van der Waals surface area contributed by atoms with Crippen LogP contribution in [0.1, 0.15) is 23.7 Å². The fourth-order valence-electron chi connectivity index (χ4n) is 2.49. The van der Waals surface area contributed by atoms with E-state index in [4.69, 9.17) is 10.5 Å². The first-order valence-electron chi connectivity index (χ1n) is 6.26. The summed E-state index contributed by atoms with van der Waals surface area (Å²) >= 11 is 0. The van der Waals surface area contributed by atoms with E-state index in [-0.39, 0.29) is 12.1 Å². The van der Waals surface area contributed by atoms with Crippen molar-refractivity contribution in [1.82, 2.24) is 4.90 Å². The molecular weight excluding hydrogens is 212 g/mol. The summed E-state index contributed by atoms with van der Waals surface area (Å²) in [7, 11) is 4.10. The largest absolute Gasteiger partial charge is 0.373 e. The molecule has 0 bridgehead atoms. The van der Waals surface area contributed by atoms with Crippen LogP contribution in [-0.4, -0.2) is 38.2 Å². The molecule has 2 rings (SSSR count). The Morgan fingerprint density at radius 2 is 2.18 bits per heavy atom. The Balaban J connectivity index is 2.03. The molecule has 0 fully saturated rings. The zero-order valence-corrected chi connectivity index (χ0v) is 10.7. The summed E-state index contributed by atoms with van der Waals surface area (Å²) in [6, 6.07) is 8.71. The summed E-state index contributed by atoms with van der Waals surface area (Å²) < 4.78 is 5.86. The van der Waals surface area contributed by atoms with Crippen molar-refractivity contribution in [3.8, 4) is 0 Å². The molecule has 3 nitrogen and oxygen atoms in total. The van der Waals surface area contributed by atoms with Crippen molar-refractivity contribution in [2.45, 2.75) is 25.0 Å². The Bertz CT molecular complexity index is 365. The van der Waals surface area contributed by atoms with Gasteiger partial charge in [0.25, 0.3) is 0 Å². The van der Waals surface area contributed by atoms with Crippen molar-refractivity contribution in [1.29, 1.82) is 0 Å². The number of nitrogens with zero attached hydrogens (tertiary/aromatic N) is 1. The summed E-state index contributed by atoms with van der Waals surface area (Å²) in [6.45, 7) is 1.72. The monoisotopic (exact) mass is 234 g/mol. The molecule has 94 valence electrons. The third-order valence-corrected chi connectivity index (χ3v) is 3.21. The van der Waals surface area contributed by atoms with Gasteiger partial charge in [0.1, 0.15) is 0 Å². The fourth-order valence-corrected chi connectivity index (χ4v) is 2.49. The van der Waals surface area contributed by atoms with E-state index in [9.17, 15) is 0 Å². The summed E-state index contributed by atoms with van der Waals surface area (Å²) in [5.41, 5.74) is 8.89. The van der Waals surface area contributed by atoms with Crippen molar-refractivity contribution >= 4 is 0 Å². The highest BCUT2D eigenvalue weighted by molar-refractivity contribution is 5.30. The molecule has 0 aromatic heterocycles. The molecule has 1 aromatic carbocycles. The van der Waals surface area contributed by atoms with E-state index in [1.807, 2.05) is 0 Å². The van der Waals surface area contributed by atoms with Gasteiger partial charge in [0.15, 0.2) is 0 Å². The Hall–Kier alpha value is -0.900. The van der Waals surface area contributed by atoms with Crippen LogP contribution >= 0.6 is 0 Å². The number of likely N-dealkylation sites (N-methyl/N-ethyl adjacent to an activating group) is 1. The van der Waals surface area contributed by atoms with Crippen LogP contribution in [0.3, 0.4) is 0 Å². The lowest BCUT2D eigenvalue weighted by atomic mass is 9.94. The van der Waals surface area contributed by atoms with Gasteiger partial charge < -0.3 is 15.4 Å². The highest BCUT2D eigenvalue weighted by Crippen LogP contribution is 2.30. The lowest BCUT2D eigenvalue weighted by Gasteiger charge is -2.29. The second kappa shape index (κ2) is 5.63. The van der Waals surface area contributed by atoms with Crippen molar-refractivity contribution in [2.75, 3.05) is 27.2 Å². The van der Waals surface area contributed by atoms with Gasteiger partial charge in [-0.15, -0.1) is 0 Å². The maximum absolute atomic E-state index is 6.14. The molecular formula is C14H22N2O. The molecule has 1 heterocycles. The van der Waals surface area contributed by atoms with Crippen molar-refractivity contribution in [3.63, 3.8) is 0 Å². The van der Waals surface area contributed by atoms with Crippen LogP contribution in [0.4, 0.5) is 0 Å². The lowest BCUT2D eigenvalue weighted by molar-refractivity contribution is 0.0305. The minimum absolute atomic E-state index is 0.168. The maximum Gasteiger partial charge on any atom is 0.0843 e. The topological polar surface area (TPSA) is 38.5 Å². The Labute approximate surface area is 104 Å². The van der Waals surface area contributed by atoms with Crippen molar-refractivity contribution in [3.05, 3.63) is 35.4 Å². The van der Waals surface area contributed by atoms with Crippen LogP contribution in [0, 0.1) is 0 Å². The zero-order valence-electron chi connectivity index (χ0n) is 10.7. The third kappa shape index (κ3) is 3.28. The Morgan fingerprint density at radius 3 is 2.94 bits per heavy atom. The molecule has 17 heavy (non-hydrogen) atoms. The number of fused-ring (bicyclic) bond motifs is 1. The molecule has 0 saturated carbocycles. The second-order valence-corrected chi connectivity index (χ2v) is 5.07. The van der Waals surface area contributed by atoms with Gasteiger partial charge in [0, 0.05) is 12.6 Å². The van der Waals surface area contributed by atoms with Gasteiger partial charge >= 0.3 is 0 Å². The first-order valence-corrected chi connectivity index (χ1v) is 6.26. The van der Waals surface area contributed by atoms with Crippen LogP contribution in [0.5, 0.6) is 0 Å². The predicted octanol–water partition coefficient (Wildman–Crippen LogP) is 1.58. The average Bonchev–Trinajstić information content (AvgIpc) is 2.28. The standard InChI is InChI=1S/C14H22N2O/c1-16(2)10-12(15)9-14-13-6-4-3-5-11(13)7-8-17-14/h3-6,12,14H,7-10,15H2,1-2H3. The Morgan fingerprint density at radius 1 is 1.41 bits per heavy atom. The van der Waals surface area contributed by atoms with Gasteiger partial charge in [-0.05, 0) is 38.1 Å². The minimum Gasteiger partial charge on any atom is -0.373 e. The Kier molecular flexibility index (Phi) is 4.15. The van der Waals surface area contributed by atoms with E-state index in [0.717, 1.165) is 26.0 Å². The van der Waals surface area contributed by atoms with E-state index in [0.29, 0.717) is 0 Å². The molecule has 3 heteroatoms. The van der Waals surface area contributed by atoms with Crippen LogP contribution in [0.2, 0.25) is 0 Å². The van der Waals surface area contributed by atoms with Crippen LogP contribution in [0.15, 0.2) is 24.3 Å². The molecule has 0 spiro atoms. The highest BCUT2D eigenvalue weighted by atomic mass is 16.5. The molecule has 0 amide bonds. The quantitative estimate of drug-likeness (QED) is 0.859. The third-order valence-electron chi connectivity index (χ3n) is 3.21. The van der Waals surface area contributed by atoms with E-state index >= 15 is 0 Å². The minimum atomic E-state index is 0.168. The van der Waals surface area contributed by atoms with Gasteiger partial charge in [-0.3, -0.25) is 0 Å². The number of hydrogen-bond acceptors (Lipinski definition) is 3. The van der Waals surface area contributed by atoms with E-state index in [1.54, 1.807) is 0 Å². The molecule has 1 aromatic rings. The van der Waals surface area contributed by atoms with E-state index in [2.05, 4.69) is 43.3 Å². The van der Waals surface area contributed by atoms with Crippen LogP contribution in [-0.2, 0) is 11.2 Å². The summed E-state index contributed by atoms with van der Waals surface area (Å²) in [5.74, 6) is 0. The molecule has 1 aliphatic rings. The molecule has 2 N–H and O–H groups in total. The van der Waals surface area contributed by atoms with E-state index < -0.39 is 0 Å². The van der Waals surface area contributed by atoms with Gasteiger partial charge in [0.2, 0.25) is 0 Å². The maximum atomic E-state index is 6.14. The molecule has 0 aliphatic carbocycles. The molecule has 2 unspecified atom stereocenters. The number of rotatable bonds is 4. The summed E-state index contributed by atoms with van der Waals surface area (Å²) in [5, 5.41) is 0. The zero-order chi connectivity index (χ0) is 12.3. The first kappa shape index (κ1) is 12.6.